The van der Waals surface area contributed by atoms with E-state index in [0.717, 1.165) is 5.69 Å². The van der Waals surface area contributed by atoms with Crippen molar-refractivity contribution in [3.63, 3.8) is 0 Å². The number of hydrogen-bond acceptors (Lipinski definition) is 3. The normalized spacial score (nSPS) is 15.4. The number of benzene rings is 4. The van der Waals surface area contributed by atoms with Gasteiger partial charge in [0.25, 0.3) is 0 Å². The third-order valence-corrected chi connectivity index (χ3v) is 12.3. The van der Waals surface area contributed by atoms with Crippen LogP contribution < -0.4 is 15.9 Å². The Hall–Kier alpha value is -2.39. The van der Waals surface area contributed by atoms with Gasteiger partial charge in [-0.15, -0.1) is 0 Å². The van der Waals surface area contributed by atoms with Gasteiger partial charge in [-0.1, -0.05) is 103 Å². The van der Waals surface area contributed by atoms with E-state index >= 15 is 0 Å². The van der Waals surface area contributed by atoms with E-state index in [4.69, 9.17) is 8.51 Å². The summed E-state index contributed by atoms with van der Waals surface area (Å²) in [7, 11) is -0.917. The van der Waals surface area contributed by atoms with Gasteiger partial charge >= 0.3 is 0 Å². The summed E-state index contributed by atoms with van der Waals surface area (Å²) in [6.07, 6.45) is 0. The van der Waals surface area contributed by atoms with Crippen molar-refractivity contribution in [2.24, 2.45) is 8.51 Å². The van der Waals surface area contributed by atoms with Gasteiger partial charge in [0.1, 0.15) is 0 Å². The minimum absolute atomic E-state index is 0.479. The first-order chi connectivity index (χ1) is 14.4. The topological polar surface area (TPSA) is 24.7 Å². The van der Waals surface area contributed by atoms with Gasteiger partial charge in [0, 0.05) is 20.8 Å². The van der Waals surface area contributed by atoms with Gasteiger partial charge in [-0.2, -0.15) is 4.36 Å². The second-order valence-corrected chi connectivity index (χ2v) is 12.7. The first kappa shape index (κ1) is 18.6. The lowest BCUT2D eigenvalue weighted by Crippen LogP contribution is -2.25. The zero-order chi connectivity index (χ0) is 19.5. The molecule has 0 spiro atoms. The van der Waals surface area contributed by atoms with Crippen molar-refractivity contribution in [3.8, 4) is 0 Å². The maximum atomic E-state index is 5.57. The van der Waals surface area contributed by atoms with Crippen LogP contribution in [0.5, 0.6) is 0 Å². The van der Waals surface area contributed by atoms with E-state index in [1.54, 1.807) is 10.8 Å². The zero-order valence-corrected chi connectivity index (χ0v) is 18.2. The lowest BCUT2D eigenvalue weighted by Gasteiger charge is -2.26. The summed E-state index contributed by atoms with van der Waals surface area (Å²) in [5.74, 6) is 0. The molecule has 0 saturated heterocycles. The summed E-state index contributed by atoms with van der Waals surface area (Å²) in [5.41, 5.74) is 1.05. The van der Waals surface area contributed by atoms with Crippen LogP contribution in [-0.2, 0) is 9.91 Å². The molecule has 2 nitrogen and oxygen atoms in total. The SMILES string of the molecule is c1ccc(P(=N[S@@]2=Nc3ccccc3S2)(c2ccccc2)c2ccccc2)cc1. The smallest absolute Gasteiger partial charge is 0.0877 e. The molecule has 0 radical (unpaired) electrons. The number of rotatable bonds is 4. The van der Waals surface area contributed by atoms with Crippen LogP contribution in [0.25, 0.3) is 0 Å². The van der Waals surface area contributed by atoms with E-state index in [-0.39, 0.29) is 0 Å². The summed E-state index contributed by atoms with van der Waals surface area (Å²) in [6, 6.07) is 40.5. The molecule has 1 aliphatic rings. The Morgan fingerprint density at radius 1 is 0.586 bits per heavy atom. The summed E-state index contributed by atoms with van der Waals surface area (Å²) >= 11 is 0. The van der Waals surface area contributed by atoms with Crippen molar-refractivity contribution < 1.29 is 0 Å². The zero-order valence-electron chi connectivity index (χ0n) is 15.6. The molecule has 0 amide bonds. The summed E-state index contributed by atoms with van der Waals surface area (Å²) in [6.45, 7) is 0. The molecule has 0 unspecified atom stereocenters. The maximum absolute atomic E-state index is 5.57. The van der Waals surface area contributed by atoms with Gasteiger partial charge in [0.2, 0.25) is 0 Å². The number of nitrogens with zero attached hydrogens (tertiary/aromatic N) is 2. The molecular weight excluding hydrogens is 411 g/mol. The first-order valence-corrected chi connectivity index (χ1v) is 13.6. The van der Waals surface area contributed by atoms with Crippen molar-refractivity contribution in [1.82, 2.24) is 0 Å². The van der Waals surface area contributed by atoms with E-state index in [0.29, 0.717) is 0 Å². The number of hydrogen-bond donors (Lipinski definition) is 0. The lowest BCUT2D eigenvalue weighted by atomic mass is 10.3. The van der Waals surface area contributed by atoms with Gasteiger partial charge in [-0.05, 0) is 22.9 Å². The molecule has 142 valence electrons. The third-order valence-electron chi connectivity index (χ3n) is 4.79. The van der Waals surface area contributed by atoms with Gasteiger partial charge in [0.05, 0.1) is 22.7 Å². The minimum atomic E-state index is -2.21. The van der Waals surface area contributed by atoms with E-state index in [2.05, 4.69) is 109 Å². The van der Waals surface area contributed by atoms with Crippen molar-refractivity contribution in [1.29, 1.82) is 0 Å². The molecular formula is C24H19N2PS2. The highest BCUT2D eigenvalue weighted by Crippen LogP contribution is 2.51. The molecule has 0 N–H and O–H groups in total. The Morgan fingerprint density at radius 2 is 1.03 bits per heavy atom. The fourth-order valence-corrected chi connectivity index (χ4v) is 11.8. The molecule has 1 aliphatic heterocycles. The van der Waals surface area contributed by atoms with Gasteiger partial charge in [-0.25, -0.2) is 4.15 Å². The molecule has 1 heterocycles. The number of fused-ring (bicyclic) bond motifs is 1. The molecule has 0 fully saturated rings. The molecule has 0 aliphatic carbocycles. The molecule has 5 heteroatoms. The van der Waals surface area contributed by atoms with Crippen molar-refractivity contribution >= 4 is 49.4 Å². The van der Waals surface area contributed by atoms with Crippen LogP contribution in [0.4, 0.5) is 5.69 Å². The Labute approximate surface area is 177 Å². The van der Waals surface area contributed by atoms with Crippen LogP contribution in [-0.4, -0.2) is 0 Å². The summed E-state index contributed by atoms with van der Waals surface area (Å²) in [5, 5.41) is 3.78. The predicted octanol–water partition coefficient (Wildman–Crippen LogP) is 6.23. The fraction of sp³-hybridized carbons (Fsp3) is 0. The molecule has 4 aromatic carbocycles. The minimum Gasteiger partial charge on any atom is -0.201 e. The van der Waals surface area contributed by atoms with Crippen LogP contribution in [0.2, 0.25) is 0 Å². The second kappa shape index (κ2) is 8.16. The average molecular weight is 431 g/mol. The van der Waals surface area contributed by atoms with Crippen molar-refractivity contribution in [2.45, 2.75) is 4.90 Å². The molecule has 1 atom stereocenters. The quantitative estimate of drug-likeness (QED) is 0.278. The maximum Gasteiger partial charge on any atom is 0.0877 e. The Kier molecular flexibility index (Phi) is 5.24. The fourth-order valence-electron chi connectivity index (χ4n) is 3.45. The van der Waals surface area contributed by atoms with E-state index in [9.17, 15) is 0 Å². The highest BCUT2D eigenvalue weighted by Gasteiger charge is 2.29. The summed E-state index contributed by atoms with van der Waals surface area (Å²) < 4.78 is 10.5. The Bertz CT molecular complexity index is 1120. The Balaban J connectivity index is 1.82. The van der Waals surface area contributed by atoms with Crippen molar-refractivity contribution in [2.75, 3.05) is 0 Å². The van der Waals surface area contributed by atoms with E-state index < -0.39 is 17.0 Å². The van der Waals surface area contributed by atoms with Gasteiger partial charge < -0.3 is 0 Å². The summed E-state index contributed by atoms with van der Waals surface area (Å²) in [4.78, 5) is 1.21. The lowest BCUT2D eigenvalue weighted by molar-refractivity contribution is 1.42. The molecule has 0 saturated carbocycles. The van der Waals surface area contributed by atoms with Crippen LogP contribution >= 0.6 is 17.8 Å². The predicted molar refractivity (Wildman–Crippen MR) is 129 cm³/mol. The van der Waals surface area contributed by atoms with Crippen LogP contribution in [0.1, 0.15) is 0 Å². The third kappa shape index (κ3) is 3.53. The standard InChI is InChI=1S/C24H19N2PS2/c1-4-12-20(13-5-1)27(21-14-6-2-7-15-21,22-16-8-3-9-17-22)26-29-25-23-18-10-11-19-24(23)28-29/h1-19H/t29-/m0/s1. The first-order valence-electron chi connectivity index (χ1n) is 9.39. The highest BCUT2D eigenvalue weighted by atomic mass is 33.1. The van der Waals surface area contributed by atoms with Crippen LogP contribution in [0.3, 0.4) is 0 Å². The highest BCUT2D eigenvalue weighted by molar-refractivity contribution is 8.70. The van der Waals surface area contributed by atoms with Gasteiger partial charge in [0.15, 0.2) is 0 Å². The Morgan fingerprint density at radius 3 is 1.52 bits per heavy atom. The largest absolute Gasteiger partial charge is 0.201 e. The molecule has 4 aromatic rings. The van der Waals surface area contributed by atoms with E-state index in [1.165, 1.54) is 20.8 Å². The second-order valence-electron chi connectivity index (χ2n) is 6.60. The monoisotopic (exact) mass is 430 g/mol. The molecule has 5 rings (SSSR count). The van der Waals surface area contributed by atoms with Crippen LogP contribution in [0, 0.1) is 0 Å². The van der Waals surface area contributed by atoms with Gasteiger partial charge in [-0.3, -0.25) is 0 Å². The van der Waals surface area contributed by atoms with Crippen molar-refractivity contribution in [3.05, 3.63) is 115 Å². The average Bonchev–Trinajstić information content (AvgIpc) is 3.22. The molecule has 29 heavy (non-hydrogen) atoms. The van der Waals surface area contributed by atoms with E-state index in [1.807, 2.05) is 6.07 Å². The van der Waals surface area contributed by atoms with Crippen LogP contribution in [0.15, 0.2) is 129 Å². The molecule has 0 bridgehead atoms. The molecule has 0 aromatic heterocycles.